The van der Waals surface area contributed by atoms with Gasteiger partial charge in [-0.2, -0.15) is 11.8 Å². The van der Waals surface area contributed by atoms with Gasteiger partial charge in [-0.05, 0) is 44.6 Å². The number of nitrogens with zero attached hydrogens (tertiary/aromatic N) is 1. The molecule has 5 unspecified atom stereocenters. The molecule has 0 fully saturated rings. The molecule has 36 heavy (non-hydrogen) atoms. The Kier molecular flexibility index (Phi) is 15.8. The molecule has 0 aromatic carbocycles. The van der Waals surface area contributed by atoms with Crippen LogP contribution in [-0.4, -0.2) is 99.8 Å². The third kappa shape index (κ3) is 13.7. The maximum atomic E-state index is 13.0. The van der Waals surface area contributed by atoms with Gasteiger partial charge in [0.05, 0.1) is 6.10 Å². The molecule has 12 N–H and O–H groups in total. The highest BCUT2D eigenvalue weighted by atomic mass is 32.2. The molecule has 0 heterocycles. The second-order valence-electron chi connectivity index (χ2n) is 7.95. The van der Waals surface area contributed by atoms with Gasteiger partial charge in [0.25, 0.3) is 0 Å². The van der Waals surface area contributed by atoms with Gasteiger partial charge in [-0.15, -0.1) is 0 Å². The van der Waals surface area contributed by atoms with Crippen LogP contribution in [-0.2, 0) is 24.0 Å². The standard InChI is InChI=1S/C20H37N7O8S/c1-10(28)15(21)18(33)26-11(4-3-8-24-20(22)23)16(31)25-12(5-6-14(29)30)17(32)27-13(19(34)35)7-9-36-2/h10-13,15,28H,3-9,21H2,1-2H3,(H,25,31)(H,26,33)(H,27,32)(H,29,30)(H,34,35)(H4,22,23,24). The van der Waals surface area contributed by atoms with Crippen molar-refractivity contribution in [1.82, 2.24) is 16.0 Å². The predicted molar refractivity (Wildman–Crippen MR) is 133 cm³/mol. The van der Waals surface area contributed by atoms with Crippen LogP contribution in [0.4, 0.5) is 0 Å². The Labute approximate surface area is 213 Å². The minimum Gasteiger partial charge on any atom is -0.481 e. The van der Waals surface area contributed by atoms with Gasteiger partial charge in [0.15, 0.2) is 5.96 Å². The van der Waals surface area contributed by atoms with E-state index in [9.17, 15) is 34.2 Å². The zero-order valence-electron chi connectivity index (χ0n) is 20.3. The Balaban J connectivity index is 5.64. The molecule has 0 aliphatic carbocycles. The molecule has 5 atom stereocenters. The minimum absolute atomic E-state index is 0.0135. The first kappa shape index (κ1) is 32.9. The van der Waals surface area contributed by atoms with Gasteiger partial charge in [-0.3, -0.25) is 24.2 Å². The average Bonchev–Trinajstić information content (AvgIpc) is 2.79. The van der Waals surface area contributed by atoms with Gasteiger partial charge in [0, 0.05) is 13.0 Å². The van der Waals surface area contributed by atoms with Crippen LogP contribution in [0.3, 0.4) is 0 Å². The topological polar surface area (TPSA) is 273 Å². The SMILES string of the molecule is CSCCC(NC(=O)C(CCC(=O)O)NC(=O)C(CCCN=C(N)N)NC(=O)C(N)C(C)O)C(=O)O. The number of aliphatic carboxylic acids is 2. The predicted octanol–water partition coefficient (Wildman–Crippen LogP) is -3.09. The lowest BCUT2D eigenvalue weighted by Gasteiger charge is -2.25. The third-order valence-corrected chi connectivity index (χ3v) is 5.55. The van der Waals surface area contributed by atoms with E-state index in [4.69, 9.17) is 22.3 Å². The number of aliphatic hydroxyl groups is 1. The number of rotatable bonds is 18. The largest absolute Gasteiger partial charge is 0.481 e. The van der Waals surface area contributed by atoms with Crippen LogP contribution in [0.1, 0.15) is 39.0 Å². The van der Waals surface area contributed by atoms with Gasteiger partial charge in [0.1, 0.15) is 24.2 Å². The maximum absolute atomic E-state index is 13.0. The summed E-state index contributed by atoms with van der Waals surface area (Å²) < 4.78 is 0. The molecule has 15 nitrogen and oxygen atoms in total. The molecule has 0 spiro atoms. The number of carbonyl (C=O) groups is 5. The van der Waals surface area contributed by atoms with Crippen molar-refractivity contribution < 1.29 is 39.3 Å². The van der Waals surface area contributed by atoms with E-state index in [0.29, 0.717) is 5.75 Å². The summed E-state index contributed by atoms with van der Waals surface area (Å²) in [5.41, 5.74) is 16.2. The zero-order chi connectivity index (χ0) is 27.8. The van der Waals surface area contributed by atoms with Crippen molar-refractivity contribution in [3.63, 3.8) is 0 Å². The van der Waals surface area contributed by atoms with E-state index < -0.39 is 66.4 Å². The van der Waals surface area contributed by atoms with Crippen molar-refractivity contribution >= 4 is 47.4 Å². The second-order valence-corrected chi connectivity index (χ2v) is 8.94. The number of amides is 3. The number of carboxylic acid groups (broad SMARTS) is 2. The molecule has 0 bridgehead atoms. The molecular formula is C20H37N7O8S. The van der Waals surface area contributed by atoms with Crippen molar-refractivity contribution in [3.05, 3.63) is 0 Å². The summed E-state index contributed by atoms with van der Waals surface area (Å²) in [5, 5.41) is 35.0. The number of aliphatic hydroxyl groups excluding tert-OH is 1. The lowest BCUT2D eigenvalue weighted by molar-refractivity contribution is -0.143. The number of carbonyl (C=O) groups excluding carboxylic acids is 3. The first-order chi connectivity index (χ1) is 16.8. The lowest BCUT2D eigenvalue weighted by Crippen LogP contribution is -2.58. The molecule has 0 rings (SSSR count). The first-order valence-corrected chi connectivity index (χ1v) is 12.5. The smallest absolute Gasteiger partial charge is 0.326 e. The van der Waals surface area contributed by atoms with E-state index >= 15 is 0 Å². The summed E-state index contributed by atoms with van der Waals surface area (Å²) in [6, 6.07) is -5.21. The zero-order valence-corrected chi connectivity index (χ0v) is 21.1. The van der Waals surface area contributed by atoms with Crippen molar-refractivity contribution in [3.8, 4) is 0 Å². The fourth-order valence-corrected chi connectivity index (χ4v) is 3.31. The maximum Gasteiger partial charge on any atom is 0.326 e. The van der Waals surface area contributed by atoms with Crippen LogP contribution in [0, 0.1) is 0 Å². The summed E-state index contributed by atoms with van der Waals surface area (Å²) >= 11 is 1.38. The number of hydrogen-bond acceptors (Lipinski definition) is 9. The van der Waals surface area contributed by atoms with Crippen LogP contribution in [0.25, 0.3) is 0 Å². The molecule has 0 radical (unpaired) electrons. The number of carboxylic acids is 2. The van der Waals surface area contributed by atoms with Gasteiger partial charge in [0.2, 0.25) is 17.7 Å². The molecule has 0 aliphatic rings. The van der Waals surface area contributed by atoms with E-state index in [1.54, 1.807) is 6.26 Å². The number of aliphatic imine (C=N–C) groups is 1. The minimum atomic E-state index is -1.40. The summed E-state index contributed by atoms with van der Waals surface area (Å²) in [4.78, 5) is 64.4. The number of hydrogen-bond donors (Lipinski definition) is 9. The van der Waals surface area contributed by atoms with Crippen molar-refractivity contribution in [1.29, 1.82) is 0 Å². The molecule has 3 amide bonds. The van der Waals surface area contributed by atoms with E-state index in [-0.39, 0.29) is 38.2 Å². The van der Waals surface area contributed by atoms with Crippen molar-refractivity contribution in [2.45, 2.75) is 69.3 Å². The summed E-state index contributed by atoms with van der Waals surface area (Å²) in [6.07, 6.45) is 0.101. The molecular weight excluding hydrogens is 498 g/mol. The van der Waals surface area contributed by atoms with E-state index in [1.165, 1.54) is 18.7 Å². The van der Waals surface area contributed by atoms with Gasteiger partial charge < -0.3 is 48.5 Å². The van der Waals surface area contributed by atoms with Gasteiger partial charge in [-0.1, -0.05) is 0 Å². The Bertz CT molecular complexity index is 792. The van der Waals surface area contributed by atoms with Crippen LogP contribution in [0.5, 0.6) is 0 Å². The Morgan fingerprint density at radius 1 is 0.889 bits per heavy atom. The molecule has 0 aromatic heterocycles. The molecule has 0 saturated carbocycles. The lowest BCUT2D eigenvalue weighted by atomic mass is 10.1. The molecule has 206 valence electrons. The fraction of sp³-hybridized carbons (Fsp3) is 0.700. The first-order valence-electron chi connectivity index (χ1n) is 11.1. The van der Waals surface area contributed by atoms with E-state index in [1.807, 2.05) is 0 Å². The highest BCUT2D eigenvalue weighted by Crippen LogP contribution is 2.06. The summed E-state index contributed by atoms with van der Waals surface area (Å²) in [6.45, 7) is 1.42. The molecule has 0 aromatic rings. The monoisotopic (exact) mass is 535 g/mol. The van der Waals surface area contributed by atoms with E-state index in [0.717, 1.165) is 0 Å². The Hall–Kier alpha value is -3.11. The second kappa shape index (κ2) is 17.3. The Morgan fingerprint density at radius 2 is 1.42 bits per heavy atom. The fourth-order valence-electron chi connectivity index (χ4n) is 2.83. The number of guanidine groups is 1. The number of thioether (sulfide) groups is 1. The van der Waals surface area contributed by atoms with E-state index in [2.05, 4.69) is 20.9 Å². The highest BCUT2D eigenvalue weighted by Gasteiger charge is 2.31. The average molecular weight is 536 g/mol. The highest BCUT2D eigenvalue weighted by molar-refractivity contribution is 7.98. The van der Waals surface area contributed by atoms with Crippen LogP contribution in [0.15, 0.2) is 4.99 Å². The summed E-state index contributed by atoms with van der Waals surface area (Å²) in [7, 11) is 0. The van der Waals surface area contributed by atoms with Crippen molar-refractivity contribution in [2.24, 2.45) is 22.2 Å². The number of nitrogens with one attached hydrogen (secondary N) is 3. The van der Waals surface area contributed by atoms with Crippen LogP contribution in [0.2, 0.25) is 0 Å². The molecule has 16 heteroatoms. The van der Waals surface area contributed by atoms with Gasteiger partial charge >= 0.3 is 11.9 Å². The quantitative estimate of drug-likeness (QED) is 0.0479. The van der Waals surface area contributed by atoms with Crippen molar-refractivity contribution in [2.75, 3.05) is 18.6 Å². The normalized spacial score (nSPS) is 14.9. The van der Waals surface area contributed by atoms with Gasteiger partial charge in [-0.25, -0.2) is 4.79 Å². The van der Waals surface area contributed by atoms with Crippen LogP contribution < -0.4 is 33.2 Å². The third-order valence-electron chi connectivity index (χ3n) is 4.91. The van der Waals surface area contributed by atoms with Crippen LogP contribution >= 0.6 is 11.8 Å². The molecule has 0 saturated heterocycles. The Morgan fingerprint density at radius 3 is 1.89 bits per heavy atom. The molecule has 0 aliphatic heterocycles. The number of nitrogens with two attached hydrogens (primary N) is 3. The summed E-state index contributed by atoms with van der Waals surface area (Å²) in [5.74, 6) is -4.80.